The van der Waals surface area contributed by atoms with Gasteiger partial charge in [-0.3, -0.25) is 4.98 Å². The Bertz CT molecular complexity index is 995. The predicted molar refractivity (Wildman–Crippen MR) is 91.6 cm³/mol. The van der Waals surface area contributed by atoms with E-state index in [-0.39, 0.29) is 6.61 Å². The second-order valence-corrected chi connectivity index (χ2v) is 5.75. The first-order valence-electron chi connectivity index (χ1n) is 7.97. The number of rotatable bonds is 5. The van der Waals surface area contributed by atoms with E-state index in [0.717, 1.165) is 39.7 Å². The second-order valence-electron chi connectivity index (χ2n) is 5.75. The molecule has 0 aliphatic carbocycles. The fraction of sp³-hybridized carbons (Fsp3) is 0.222. The zero-order valence-corrected chi connectivity index (χ0v) is 13.1. The lowest BCUT2D eigenvalue weighted by Gasteiger charge is -2.05. The largest absolute Gasteiger partial charge is 0.396 e. The number of aromatic nitrogens is 5. The number of hydrogen-bond acceptors (Lipinski definition) is 5. The van der Waals surface area contributed by atoms with Crippen molar-refractivity contribution in [1.82, 2.24) is 25.0 Å². The number of aliphatic hydroxyl groups excluding tert-OH is 1. The first-order valence-corrected chi connectivity index (χ1v) is 7.97. The lowest BCUT2D eigenvalue weighted by Crippen LogP contribution is -2.04. The summed E-state index contributed by atoms with van der Waals surface area (Å²) in [7, 11) is 0. The molecular weight excluding hydrogens is 302 g/mol. The first-order chi connectivity index (χ1) is 11.8. The molecule has 0 bridgehead atoms. The maximum atomic E-state index is 8.97. The smallest absolute Gasteiger partial charge is 0.179 e. The number of aryl methyl sites for hydroxylation is 1. The predicted octanol–water partition coefficient (Wildman–Crippen LogP) is 2.35. The van der Waals surface area contributed by atoms with E-state index in [1.165, 1.54) is 0 Å². The van der Waals surface area contributed by atoms with E-state index < -0.39 is 0 Å². The van der Waals surface area contributed by atoms with Crippen LogP contribution >= 0.6 is 0 Å². The molecule has 0 fully saturated rings. The third-order valence-electron chi connectivity index (χ3n) is 4.01. The van der Waals surface area contributed by atoms with Crippen LogP contribution in [0, 0.1) is 0 Å². The van der Waals surface area contributed by atoms with Gasteiger partial charge in [-0.25, -0.2) is 9.67 Å². The molecule has 0 amide bonds. The van der Waals surface area contributed by atoms with Crippen LogP contribution in [0.2, 0.25) is 0 Å². The van der Waals surface area contributed by atoms with Crippen LogP contribution in [0.5, 0.6) is 0 Å². The van der Waals surface area contributed by atoms with Gasteiger partial charge < -0.3 is 5.11 Å². The highest BCUT2D eigenvalue weighted by Crippen LogP contribution is 2.16. The molecule has 0 spiro atoms. The molecule has 0 saturated heterocycles. The monoisotopic (exact) mass is 319 g/mol. The third-order valence-corrected chi connectivity index (χ3v) is 4.01. The molecule has 3 heterocycles. The standard InChI is InChI=1S/C18H17N5O/c24-10-2-4-15-6-8-17-18(20-15)23(22-21-17)12-13-5-7-16-14(11-13)3-1-9-19-16/h1,3,5-9,11,24H,2,4,10,12H2. The van der Waals surface area contributed by atoms with E-state index in [0.29, 0.717) is 13.0 Å². The van der Waals surface area contributed by atoms with Gasteiger partial charge in [-0.2, -0.15) is 0 Å². The van der Waals surface area contributed by atoms with Gasteiger partial charge in [-0.05, 0) is 48.7 Å². The minimum absolute atomic E-state index is 0.169. The van der Waals surface area contributed by atoms with E-state index in [9.17, 15) is 0 Å². The molecule has 120 valence electrons. The van der Waals surface area contributed by atoms with Crippen LogP contribution in [-0.2, 0) is 13.0 Å². The van der Waals surface area contributed by atoms with Crippen molar-refractivity contribution in [3.63, 3.8) is 0 Å². The molecule has 1 aromatic carbocycles. The number of aliphatic hydroxyl groups is 1. The molecule has 0 aliphatic rings. The Morgan fingerprint density at radius 3 is 2.88 bits per heavy atom. The van der Waals surface area contributed by atoms with E-state index in [1.807, 2.05) is 28.9 Å². The van der Waals surface area contributed by atoms with Gasteiger partial charge >= 0.3 is 0 Å². The average molecular weight is 319 g/mol. The summed E-state index contributed by atoms with van der Waals surface area (Å²) in [4.78, 5) is 8.99. The zero-order valence-electron chi connectivity index (χ0n) is 13.1. The molecule has 3 aromatic heterocycles. The van der Waals surface area contributed by atoms with Gasteiger partial charge in [-0.15, -0.1) is 5.10 Å². The normalized spacial score (nSPS) is 11.4. The zero-order chi connectivity index (χ0) is 16.4. The number of pyridine rings is 2. The van der Waals surface area contributed by atoms with Gasteiger partial charge in [0, 0.05) is 23.9 Å². The van der Waals surface area contributed by atoms with Crippen molar-refractivity contribution in [3.05, 3.63) is 59.9 Å². The van der Waals surface area contributed by atoms with Crippen molar-refractivity contribution < 1.29 is 5.11 Å². The fourth-order valence-electron chi connectivity index (χ4n) is 2.80. The highest BCUT2D eigenvalue weighted by molar-refractivity contribution is 5.79. The summed E-state index contributed by atoms with van der Waals surface area (Å²) in [5.41, 5.74) is 4.61. The molecule has 4 aromatic rings. The van der Waals surface area contributed by atoms with Crippen LogP contribution in [0.4, 0.5) is 0 Å². The summed E-state index contributed by atoms with van der Waals surface area (Å²) in [5, 5.41) is 18.5. The first kappa shape index (κ1) is 14.7. The van der Waals surface area contributed by atoms with Crippen molar-refractivity contribution in [2.45, 2.75) is 19.4 Å². The summed E-state index contributed by atoms with van der Waals surface area (Å²) in [5.74, 6) is 0. The molecular formula is C18H17N5O. The van der Waals surface area contributed by atoms with Gasteiger partial charge in [0.1, 0.15) is 5.52 Å². The summed E-state index contributed by atoms with van der Waals surface area (Å²) in [6.07, 6.45) is 3.25. The fourth-order valence-corrected chi connectivity index (χ4v) is 2.80. The summed E-state index contributed by atoms with van der Waals surface area (Å²) >= 11 is 0. The van der Waals surface area contributed by atoms with Crippen LogP contribution in [-0.4, -0.2) is 36.7 Å². The van der Waals surface area contributed by atoms with E-state index in [4.69, 9.17) is 5.11 Å². The average Bonchev–Trinajstić information content (AvgIpc) is 3.02. The number of benzene rings is 1. The minimum atomic E-state index is 0.169. The molecule has 6 nitrogen and oxygen atoms in total. The van der Waals surface area contributed by atoms with E-state index in [2.05, 4.69) is 38.5 Å². The Morgan fingerprint density at radius 1 is 1.04 bits per heavy atom. The van der Waals surface area contributed by atoms with Crippen molar-refractivity contribution in [2.24, 2.45) is 0 Å². The Morgan fingerprint density at radius 2 is 1.96 bits per heavy atom. The maximum Gasteiger partial charge on any atom is 0.179 e. The highest BCUT2D eigenvalue weighted by Gasteiger charge is 2.08. The summed E-state index contributed by atoms with van der Waals surface area (Å²) < 4.78 is 1.81. The quantitative estimate of drug-likeness (QED) is 0.611. The number of nitrogens with zero attached hydrogens (tertiary/aromatic N) is 5. The van der Waals surface area contributed by atoms with Gasteiger partial charge in [-0.1, -0.05) is 17.3 Å². The van der Waals surface area contributed by atoms with Gasteiger partial charge in [0.15, 0.2) is 5.65 Å². The second kappa shape index (κ2) is 6.33. The summed E-state index contributed by atoms with van der Waals surface area (Å²) in [6.45, 7) is 0.778. The third kappa shape index (κ3) is 2.83. The van der Waals surface area contributed by atoms with Crippen LogP contribution in [0.25, 0.3) is 22.1 Å². The Balaban J connectivity index is 1.67. The van der Waals surface area contributed by atoms with Crippen LogP contribution < -0.4 is 0 Å². The molecule has 4 rings (SSSR count). The van der Waals surface area contributed by atoms with Crippen LogP contribution in [0.3, 0.4) is 0 Å². The molecule has 0 unspecified atom stereocenters. The molecule has 0 saturated carbocycles. The number of fused-ring (bicyclic) bond motifs is 2. The molecule has 6 heteroatoms. The minimum Gasteiger partial charge on any atom is -0.396 e. The van der Waals surface area contributed by atoms with E-state index in [1.54, 1.807) is 6.20 Å². The number of hydrogen-bond donors (Lipinski definition) is 1. The lowest BCUT2D eigenvalue weighted by molar-refractivity contribution is 0.288. The van der Waals surface area contributed by atoms with Crippen molar-refractivity contribution in [2.75, 3.05) is 6.61 Å². The lowest BCUT2D eigenvalue weighted by atomic mass is 10.1. The Labute approximate surface area is 138 Å². The molecule has 0 aliphatic heterocycles. The van der Waals surface area contributed by atoms with Crippen molar-refractivity contribution >= 4 is 22.1 Å². The summed E-state index contributed by atoms with van der Waals surface area (Å²) in [6, 6.07) is 14.1. The highest BCUT2D eigenvalue weighted by atomic mass is 16.2. The molecule has 0 radical (unpaired) electrons. The Kier molecular flexibility index (Phi) is 3.88. The van der Waals surface area contributed by atoms with Crippen molar-refractivity contribution in [1.29, 1.82) is 0 Å². The SMILES string of the molecule is OCCCc1ccc2nnn(Cc3ccc4ncccc4c3)c2n1. The van der Waals surface area contributed by atoms with Crippen LogP contribution in [0.15, 0.2) is 48.7 Å². The molecule has 1 N–H and O–H groups in total. The molecule has 0 atom stereocenters. The topological polar surface area (TPSA) is 76.7 Å². The maximum absolute atomic E-state index is 8.97. The van der Waals surface area contributed by atoms with Crippen molar-refractivity contribution in [3.8, 4) is 0 Å². The van der Waals surface area contributed by atoms with Gasteiger partial charge in [0.2, 0.25) is 0 Å². The molecule has 24 heavy (non-hydrogen) atoms. The van der Waals surface area contributed by atoms with Gasteiger partial charge in [0.25, 0.3) is 0 Å². The Hall–Kier alpha value is -2.86. The van der Waals surface area contributed by atoms with E-state index >= 15 is 0 Å². The van der Waals surface area contributed by atoms with Gasteiger partial charge in [0.05, 0.1) is 12.1 Å². The van der Waals surface area contributed by atoms with Crippen LogP contribution in [0.1, 0.15) is 17.7 Å².